The zero-order valence-electron chi connectivity index (χ0n) is 11.0. The molecule has 0 N–H and O–H groups in total. The number of benzene rings is 1. The molecule has 0 unspecified atom stereocenters. The van der Waals surface area contributed by atoms with Gasteiger partial charge in [0.1, 0.15) is 0 Å². The van der Waals surface area contributed by atoms with E-state index in [9.17, 15) is 4.79 Å². The first kappa shape index (κ1) is 14.5. The molecule has 1 aromatic carbocycles. The van der Waals surface area contributed by atoms with E-state index in [1.165, 1.54) is 6.08 Å². The van der Waals surface area contributed by atoms with E-state index in [4.69, 9.17) is 9.47 Å². The molecule has 0 aliphatic rings. The molecule has 0 amide bonds. The minimum atomic E-state index is -0.299. The predicted octanol–water partition coefficient (Wildman–Crippen LogP) is 2.96. The molecule has 0 heterocycles. The quantitative estimate of drug-likeness (QED) is 0.549. The number of carbonyl (C=O) groups excluding carboxylic acids is 1. The van der Waals surface area contributed by atoms with Gasteiger partial charge < -0.3 is 9.47 Å². The molecule has 98 valence electrons. The summed E-state index contributed by atoms with van der Waals surface area (Å²) in [6.45, 7) is 5.38. The van der Waals surface area contributed by atoms with Crippen LogP contribution in [0.25, 0.3) is 0 Å². The third-order valence-corrected chi connectivity index (χ3v) is 2.34. The van der Waals surface area contributed by atoms with E-state index in [0.29, 0.717) is 19.8 Å². The second kappa shape index (κ2) is 8.48. The lowest BCUT2D eigenvalue weighted by Gasteiger charge is -2.07. The van der Waals surface area contributed by atoms with Gasteiger partial charge >= 0.3 is 5.97 Å². The van der Waals surface area contributed by atoms with Gasteiger partial charge in [-0.15, -0.1) is 0 Å². The molecule has 3 heteroatoms. The molecule has 0 aliphatic heterocycles. The summed E-state index contributed by atoms with van der Waals surface area (Å²) in [5, 5.41) is 0. The fourth-order valence-electron chi connectivity index (χ4n) is 1.43. The van der Waals surface area contributed by atoms with Crippen molar-refractivity contribution in [1.29, 1.82) is 0 Å². The lowest BCUT2D eigenvalue weighted by molar-refractivity contribution is -0.137. The minimum Gasteiger partial charge on any atom is -0.463 e. The highest BCUT2D eigenvalue weighted by Gasteiger charge is 2.00. The normalized spacial score (nSPS) is 12.6. The van der Waals surface area contributed by atoms with E-state index < -0.39 is 0 Å². The monoisotopic (exact) mass is 248 g/mol. The van der Waals surface area contributed by atoms with Crippen molar-refractivity contribution < 1.29 is 14.3 Å². The summed E-state index contributed by atoms with van der Waals surface area (Å²) < 4.78 is 10.4. The van der Waals surface area contributed by atoms with Crippen LogP contribution in [-0.2, 0) is 20.9 Å². The highest BCUT2D eigenvalue weighted by molar-refractivity contribution is 5.81. The maximum Gasteiger partial charge on any atom is 0.330 e. The van der Waals surface area contributed by atoms with E-state index in [1.807, 2.05) is 43.3 Å². The maximum absolute atomic E-state index is 11.1. The highest BCUT2D eigenvalue weighted by Crippen LogP contribution is 2.04. The third-order valence-electron chi connectivity index (χ3n) is 2.34. The number of esters is 1. The standard InChI is InChI=1S/C15H20O3/c1-3-18-15(16)10-9-13(2)11-17-12-14-7-5-4-6-8-14/h4-10,13H,3,11-12H2,1-2H3/t13-/m0/s1. The second-order valence-electron chi connectivity index (χ2n) is 4.09. The molecule has 1 aromatic rings. The molecule has 0 spiro atoms. The molecule has 0 fully saturated rings. The maximum atomic E-state index is 11.1. The number of hydrogen-bond acceptors (Lipinski definition) is 3. The highest BCUT2D eigenvalue weighted by atomic mass is 16.5. The van der Waals surface area contributed by atoms with Crippen molar-refractivity contribution in [2.24, 2.45) is 5.92 Å². The number of hydrogen-bond donors (Lipinski definition) is 0. The van der Waals surface area contributed by atoms with E-state index in [0.717, 1.165) is 5.56 Å². The molecule has 0 radical (unpaired) electrons. The summed E-state index contributed by atoms with van der Waals surface area (Å²) in [7, 11) is 0. The van der Waals surface area contributed by atoms with Gasteiger partial charge in [-0.25, -0.2) is 4.79 Å². The smallest absolute Gasteiger partial charge is 0.330 e. The Kier molecular flexibility index (Phi) is 6.81. The molecule has 1 atom stereocenters. The van der Waals surface area contributed by atoms with Crippen molar-refractivity contribution in [1.82, 2.24) is 0 Å². The average Bonchev–Trinajstić information content (AvgIpc) is 2.38. The summed E-state index contributed by atoms with van der Waals surface area (Å²) in [5.74, 6) is -0.106. The molecule has 0 aliphatic carbocycles. The van der Waals surface area contributed by atoms with Gasteiger partial charge in [-0.3, -0.25) is 0 Å². The van der Waals surface area contributed by atoms with Crippen molar-refractivity contribution in [2.45, 2.75) is 20.5 Å². The van der Waals surface area contributed by atoms with Crippen LogP contribution in [0.4, 0.5) is 0 Å². The Morgan fingerprint density at radius 1 is 1.33 bits per heavy atom. The van der Waals surface area contributed by atoms with Crippen LogP contribution in [0.1, 0.15) is 19.4 Å². The van der Waals surface area contributed by atoms with Gasteiger partial charge in [0.15, 0.2) is 0 Å². The first-order valence-electron chi connectivity index (χ1n) is 6.19. The van der Waals surface area contributed by atoms with Crippen molar-refractivity contribution in [3.8, 4) is 0 Å². The fourth-order valence-corrected chi connectivity index (χ4v) is 1.43. The third kappa shape index (κ3) is 6.21. The lowest BCUT2D eigenvalue weighted by atomic mass is 10.2. The average molecular weight is 248 g/mol. The number of rotatable bonds is 7. The Hall–Kier alpha value is -1.61. The van der Waals surface area contributed by atoms with Gasteiger partial charge in [-0.1, -0.05) is 43.3 Å². The zero-order chi connectivity index (χ0) is 13.2. The van der Waals surface area contributed by atoms with Gasteiger partial charge in [0.05, 0.1) is 19.8 Å². The van der Waals surface area contributed by atoms with E-state index in [-0.39, 0.29) is 11.9 Å². The number of ether oxygens (including phenoxy) is 2. The van der Waals surface area contributed by atoms with Crippen molar-refractivity contribution >= 4 is 5.97 Å². The second-order valence-corrected chi connectivity index (χ2v) is 4.09. The molecule has 3 nitrogen and oxygen atoms in total. The molecule has 0 saturated heterocycles. The van der Waals surface area contributed by atoms with Gasteiger partial charge in [0, 0.05) is 6.08 Å². The Bertz CT molecular complexity index is 371. The zero-order valence-corrected chi connectivity index (χ0v) is 11.0. The predicted molar refractivity (Wildman–Crippen MR) is 71.0 cm³/mol. The Morgan fingerprint density at radius 2 is 2.06 bits per heavy atom. The largest absolute Gasteiger partial charge is 0.463 e. The van der Waals surface area contributed by atoms with E-state index in [1.54, 1.807) is 6.92 Å². The van der Waals surface area contributed by atoms with E-state index in [2.05, 4.69) is 0 Å². The molecule has 0 saturated carbocycles. The Balaban J connectivity index is 2.21. The Morgan fingerprint density at radius 3 is 2.72 bits per heavy atom. The molecular formula is C15H20O3. The van der Waals surface area contributed by atoms with Crippen LogP contribution < -0.4 is 0 Å². The molecule has 1 rings (SSSR count). The van der Waals surface area contributed by atoms with Gasteiger partial charge in [-0.05, 0) is 18.4 Å². The minimum absolute atomic E-state index is 0.193. The summed E-state index contributed by atoms with van der Waals surface area (Å²) in [4.78, 5) is 11.1. The number of carbonyl (C=O) groups is 1. The van der Waals surface area contributed by atoms with Crippen LogP contribution in [0.15, 0.2) is 42.5 Å². The van der Waals surface area contributed by atoms with Crippen LogP contribution in [0.5, 0.6) is 0 Å². The summed E-state index contributed by atoms with van der Waals surface area (Å²) in [5.41, 5.74) is 1.15. The fraction of sp³-hybridized carbons (Fsp3) is 0.400. The van der Waals surface area contributed by atoms with E-state index >= 15 is 0 Å². The molecule has 18 heavy (non-hydrogen) atoms. The SMILES string of the molecule is CCOC(=O)C=C[C@H](C)COCc1ccccc1. The summed E-state index contributed by atoms with van der Waals surface area (Å²) >= 11 is 0. The molecule has 0 bridgehead atoms. The summed E-state index contributed by atoms with van der Waals surface area (Å²) in [6, 6.07) is 10.0. The molecular weight excluding hydrogens is 228 g/mol. The van der Waals surface area contributed by atoms with Crippen molar-refractivity contribution in [3.63, 3.8) is 0 Å². The van der Waals surface area contributed by atoms with Crippen molar-refractivity contribution in [2.75, 3.05) is 13.2 Å². The van der Waals surface area contributed by atoms with Crippen molar-refractivity contribution in [3.05, 3.63) is 48.0 Å². The van der Waals surface area contributed by atoms with Crippen LogP contribution >= 0.6 is 0 Å². The molecule has 0 aromatic heterocycles. The van der Waals surface area contributed by atoms with Gasteiger partial charge in [0.2, 0.25) is 0 Å². The summed E-state index contributed by atoms with van der Waals surface area (Å²) in [6.07, 6.45) is 3.27. The Labute approximate surface area is 108 Å². The van der Waals surface area contributed by atoms with Gasteiger partial charge in [-0.2, -0.15) is 0 Å². The van der Waals surface area contributed by atoms with Crippen LogP contribution in [0, 0.1) is 5.92 Å². The van der Waals surface area contributed by atoms with Crippen LogP contribution in [-0.4, -0.2) is 19.2 Å². The topological polar surface area (TPSA) is 35.5 Å². The van der Waals surface area contributed by atoms with Gasteiger partial charge in [0.25, 0.3) is 0 Å². The first-order chi connectivity index (χ1) is 8.72. The first-order valence-corrected chi connectivity index (χ1v) is 6.19. The van der Waals surface area contributed by atoms with Crippen LogP contribution in [0.2, 0.25) is 0 Å². The lowest BCUT2D eigenvalue weighted by Crippen LogP contribution is -2.05. The van der Waals surface area contributed by atoms with Crippen LogP contribution in [0.3, 0.4) is 0 Å².